The number of hydrogen-bond acceptors (Lipinski definition) is 5. The van der Waals surface area contributed by atoms with Crippen LogP contribution < -0.4 is 5.32 Å². The molecule has 0 fully saturated rings. The zero-order chi connectivity index (χ0) is 19.9. The van der Waals surface area contributed by atoms with Gasteiger partial charge in [-0.15, -0.1) is 0 Å². The molecule has 1 amide bonds. The van der Waals surface area contributed by atoms with Gasteiger partial charge in [0, 0.05) is 24.3 Å². The summed E-state index contributed by atoms with van der Waals surface area (Å²) in [5, 5.41) is 3.54. The molecule has 2 heterocycles. The van der Waals surface area contributed by atoms with Crippen LogP contribution in [0.25, 0.3) is 0 Å². The zero-order valence-corrected chi connectivity index (χ0v) is 17.1. The van der Waals surface area contributed by atoms with Gasteiger partial charge in [0.25, 0.3) is 0 Å². The Morgan fingerprint density at radius 2 is 1.89 bits per heavy atom. The molecule has 7 heteroatoms. The Hall–Kier alpha value is -2.80. The van der Waals surface area contributed by atoms with Gasteiger partial charge < -0.3 is 14.6 Å². The summed E-state index contributed by atoms with van der Waals surface area (Å²) in [6, 6.07) is 14.2. The SMILES string of the molecule is CNC(=O)OCc1nc(C(C)C)c(Sc2ccccc2)n1Cc1ccncc1. The fourth-order valence-electron chi connectivity index (χ4n) is 2.73. The molecule has 0 saturated carbocycles. The molecule has 28 heavy (non-hydrogen) atoms. The number of amides is 1. The molecule has 0 aliphatic heterocycles. The number of carbonyl (C=O) groups excluding carboxylic acids is 1. The van der Waals surface area contributed by atoms with Crippen molar-refractivity contribution in [3.63, 3.8) is 0 Å². The number of carbonyl (C=O) groups is 1. The van der Waals surface area contributed by atoms with Crippen LogP contribution >= 0.6 is 11.8 Å². The van der Waals surface area contributed by atoms with E-state index in [9.17, 15) is 4.79 Å². The third-order valence-corrected chi connectivity index (χ3v) is 5.29. The van der Waals surface area contributed by atoms with Gasteiger partial charge in [0.1, 0.15) is 10.9 Å². The molecule has 146 valence electrons. The van der Waals surface area contributed by atoms with Gasteiger partial charge in [-0.25, -0.2) is 9.78 Å². The Morgan fingerprint density at radius 3 is 2.54 bits per heavy atom. The fourth-order valence-corrected chi connectivity index (χ4v) is 3.92. The number of aromatic nitrogens is 3. The van der Waals surface area contributed by atoms with Crippen molar-refractivity contribution in [1.82, 2.24) is 19.9 Å². The second-order valence-corrected chi connectivity index (χ2v) is 7.62. The van der Waals surface area contributed by atoms with Crippen molar-refractivity contribution in [2.24, 2.45) is 0 Å². The summed E-state index contributed by atoms with van der Waals surface area (Å²) in [6.45, 7) is 4.98. The summed E-state index contributed by atoms with van der Waals surface area (Å²) in [5.41, 5.74) is 2.11. The Labute approximate surface area is 169 Å². The van der Waals surface area contributed by atoms with Crippen molar-refractivity contribution >= 4 is 17.9 Å². The molecule has 0 aliphatic carbocycles. The van der Waals surface area contributed by atoms with Crippen LogP contribution in [0.5, 0.6) is 0 Å². The van der Waals surface area contributed by atoms with Crippen molar-refractivity contribution in [2.45, 2.75) is 42.8 Å². The number of nitrogens with one attached hydrogen (secondary N) is 1. The van der Waals surface area contributed by atoms with Gasteiger partial charge in [-0.2, -0.15) is 0 Å². The maximum absolute atomic E-state index is 11.6. The van der Waals surface area contributed by atoms with Crippen molar-refractivity contribution in [3.8, 4) is 0 Å². The average Bonchev–Trinajstić information content (AvgIpc) is 3.05. The fraction of sp³-hybridized carbons (Fsp3) is 0.286. The van der Waals surface area contributed by atoms with Crippen molar-refractivity contribution in [2.75, 3.05) is 7.05 Å². The van der Waals surface area contributed by atoms with Crippen LogP contribution in [0, 0.1) is 0 Å². The molecule has 6 nitrogen and oxygen atoms in total. The minimum atomic E-state index is -0.471. The molecular weight excluding hydrogens is 372 g/mol. The van der Waals surface area contributed by atoms with Gasteiger partial charge in [-0.3, -0.25) is 4.98 Å². The first kappa shape index (κ1) is 19.9. The Balaban J connectivity index is 2.02. The number of alkyl carbamates (subject to hydrolysis) is 1. The predicted octanol–water partition coefficient (Wildman–Crippen LogP) is 4.46. The van der Waals surface area contributed by atoms with Gasteiger partial charge in [-0.05, 0) is 35.7 Å². The van der Waals surface area contributed by atoms with E-state index in [4.69, 9.17) is 9.72 Å². The lowest BCUT2D eigenvalue weighted by molar-refractivity contribution is 0.137. The van der Waals surface area contributed by atoms with E-state index in [2.05, 4.69) is 40.8 Å². The van der Waals surface area contributed by atoms with E-state index in [1.807, 2.05) is 30.3 Å². The molecule has 0 unspecified atom stereocenters. The number of rotatable bonds is 7. The smallest absolute Gasteiger partial charge is 0.407 e. The highest BCUT2D eigenvalue weighted by atomic mass is 32.2. The highest BCUT2D eigenvalue weighted by Gasteiger charge is 2.21. The van der Waals surface area contributed by atoms with E-state index < -0.39 is 6.09 Å². The maximum Gasteiger partial charge on any atom is 0.407 e. The van der Waals surface area contributed by atoms with Crippen LogP contribution in [0.3, 0.4) is 0 Å². The minimum absolute atomic E-state index is 0.111. The lowest BCUT2D eigenvalue weighted by Crippen LogP contribution is -2.20. The first-order valence-electron chi connectivity index (χ1n) is 9.14. The molecule has 2 aromatic heterocycles. The highest BCUT2D eigenvalue weighted by molar-refractivity contribution is 7.99. The predicted molar refractivity (Wildman–Crippen MR) is 109 cm³/mol. The molecule has 0 radical (unpaired) electrons. The average molecular weight is 397 g/mol. The second-order valence-electron chi connectivity index (χ2n) is 6.56. The van der Waals surface area contributed by atoms with Gasteiger partial charge in [-0.1, -0.05) is 43.8 Å². The number of pyridine rings is 1. The van der Waals surface area contributed by atoms with E-state index in [0.717, 1.165) is 27.0 Å². The van der Waals surface area contributed by atoms with Crippen LogP contribution in [0.15, 0.2) is 64.8 Å². The summed E-state index contributed by atoms with van der Waals surface area (Å²) in [4.78, 5) is 21.7. The quantitative estimate of drug-likeness (QED) is 0.639. The lowest BCUT2D eigenvalue weighted by atomic mass is 10.1. The Morgan fingerprint density at radius 1 is 1.18 bits per heavy atom. The lowest BCUT2D eigenvalue weighted by Gasteiger charge is -2.13. The van der Waals surface area contributed by atoms with Crippen molar-refractivity contribution in [3.05, 3.63) is 71.9 Å². The van der Waals surface area contributed by atoms with E-state index in [-0.39, 0.29) is 12.5 Å². The molecule has 0 saturated heterocycles. The van der Waals surface area contributed by atoms with E-state index in [0.29, 0.717) is 6.54 Å². The summed E-state index contributed by atoms with van der Waals surface area (Å²) in [7, 11) is 1.54. The van der Waals surface area contributed by atoms with Crippen molar-refractivity contribution < 1.29 is 9.53 Å². The molecule has 0 atom stereocenters. The largest absolute Gasteiger partial charge is 0.441 e. The number of hydrogen-bond donors (Lipinski definition) is 1. The number of imidazole rings is 1. The van der Waals surface area contributed by atoms with E-state index in [1.165, 1.54) is 0 Å². The van der Waals surface area contributed by atoms with Crippen LogP contribution in [-0.2, 0) is 17.9 Å². The van der Waals surface area contributed by atoms with Gasteiger partial charge in [0.05, 0.1) is 12.2 Å². The molecule has 3 aromatic rings. The first-order valence-corrected chi connectivity index (χ1v) is 9.95. The summed E-state index contributed by atoms with van der Waals surface area (Å²) in [6.07, 6.45) is 3.09. The minimum Gasteiger partial charge on any atom is -0.441 e. The van der Waals surface area contributed by atoms with Gasteiger partial charge in [0.15, 0.2) is 6.61 Å². The van der Waals surface area contributed by atoms with Crippen LogP contribution in [0.1, 0.15) is 36.8 Å². The molecule has 0 aliphatic rings. The molecule has 3 rings (SSSR count). The first-order chi connectivity index (χ1) is 13.6. The molecule has 0 spiro atoms. The standard InChI is InChI=1S/C21H24N4O2S/c1-15(2)19-20(28-17-7-5-4-6-8-17)25(13-16-9-11-23-12-10-16)18(24-19)14-27-21(26)22-3/h4-12,15H,13-14H2,1-3H3,(H,22,26). The van der Waals surface area contributed by atoms with Gasteiger partial charge in [0.2, 0.25) is 0 Å². The Kier molecular flexibility index (Phi) is 6.71. The summed E-state index contributed by atoms with van der Waals surface area (Å²) >= 11 is 1.68. The van der Waals surface area contributed by atoms with Crippen LogP contribution in [0.4, 0.5) is 4.79 Å². The van der Waals surface area contributed by atoms with E-state index in [1.54, 1.807) is 31.2 Å². The van der Waals surface area contributed by atoms with Crippen LogP contribution in [0.2, 0.25) is 0 Å². The van der Waals surface area contributed by atoms with Crippen molar-refractivity contribution in [1.29, 1.82) is 0 Å². The molecular formula is C21H24N4O2S. The highest BCUT2D eigenvalue weighted by Crippen LogP contribution is 2.35. The molecule has 0 bridgehead atoms. The summed E-state index contributed by atoms with van der Waals surface area (Å²) < 4.78 is 7.43. The van der Waals surface area contributed by atoms with E-state index >= 15 is 0 Å². The summed E-state index contributed by atoms with van der Waals surface area (Å²) in [5.74, 6) is 0.964. The number of ether oxygens (including phenoxy) is 1. The topological polar surface area (TPSA) is 69.0 Å². The molecule has 1 aromatic carbocycles. The normalized spacial score (nSPS) is 10.9. The monoisotopic (exact) mass is 396 g/mol. The molecule has 1 N–H and O–H groups in total. The Bertz CT molecular complexity index is 911. The maximum atomic E-state index is 11.6. The van der Waals surface area contributed by atoms with Gasteiger partial charge >= 0.3 is 6.09 Å². The number of nitrogens with zero attached hydrogens (tertiary/aromatic N) is 3. The zero-order valence-electron chi connectivity index (χ0n) is 16.3. The third-order valence-electron chi connectivity index (χ3n) is 4.16. The number of benzene rings is 1. The second kappa shape index (κ2) is 9.41. The third kappa shape index (κ3) is 4.92. The van der Waals surface area contributed by atoms with Crippen LogP contribution in [-0.4, -0.2) is 27.7 Å².